The number of carboxylic acids is 1. The average molecular weight is 626 g/mol. The number of hydrogen-bond donors (Lipinski definition) is 6. The third-order valence-electron chi connectivity index (χ3n) is 6.14. The highest BCUT2D eigenvalue weighted by molar-refractivity contribution is 5.81. The highest BCUT2D eigenvalue weighted by Gasteiger charge is 2.13. The van der Waals surface area contributed by atoms with Gasteiger partial charge < -0.3 is 51.1 Å². The Hall–Kier alpha value is -3.47. The molecule has 248 valence electrons. The van der Waals surface area contributed by atoms with E-state index in [0.29, 0.717) is 19.5 Å². The van der Waals surface area contributed by atoms with Crippen molar-refractivity contribution in [3.8, 4) is 0 Å². The van der Waals surface area contributed by atoms with Crippen LogP contribution in [-0.4, -0.2) is 120 Å². The Morgan fingerprint density at radius 2 is 1.25 bits per heavy atom. The van der Waals surface area contributed by atoms with Gasteiger partial charge in [0.05, 0.1) is 45.7 Å². The average Bonchev–Trinajstić information content (AvgIpc) is 3.00. The van der Waals surface area contributed by atoms with Crippen LogP contribution in [-0.2, 0) is 55.9 Å². The highest BCUT2D eigenvalue weighted by atomic mass is 16.5. The Morgan fingerprint density at radius 1 is 0.750 bits per heavy atom. The van der Waals surface area contributed by atoms with E-state index >= 15 is 0 Å². The number of ether oxygens (including phenoxy) is 4. The van der Waals surface area contributed by atoms with Gasteiger partial charge in [-0.3, -0.25) is 24.0 Å². The molecule has 0 heterocycles. The molecule has 0 spiro atoms. The minimum atomic E-state index is -1.15. The van der Waals surface area contributed by atoms with Crippen molar-refractivity contribution in [3.63, 3.8) is 0 Å². The second-order valence-electron chi connectivity index (χ2n) is 9.76. The molecule has 1 aromatic carbocycles. The lowest BCUT2D eigenvalue weighted by molar-refractivity contribution is -0.138. The number of carbonyl (C=O) groups excluding carboxylic acids is 4. The standard InChI is InChI=1S/C29H47N5O10/c1-21(35)25(31-2)17-22-3-5-23(6-4-22)18-34-28(38)20-44-16-14-42-12-10-33-27(37)19-43-15-13-41-11-9-32-26(36)8-7-24(30)29(39)40/h3-6,24-25,31H,7-20,30H2,1-2H3,(H,32,36)(H,33,37)(H,34,38)(H,39,40)/t24-,25?/m0/s1. The molecule has 3 amide bonds. The molecule has 0 aromatic heterocycles. The summed E-state index contributed by atoms with van der Waals surface area (Å²) in [6, 6.07) is 6.43. The van der Waals surface area contributed by atoms with E-state index in [1.807, 2.05) is 24.3 Å². The first-order valence-electron chi connectivity index (χ1n) is 14.5. The van der Waals surface area contributed by atoms with Gasteiger partial charge in [-0.05, 0) is 37.9 Å². The van der Waals surface area contributed by atoms with Crippen LogP contribution in [0.4, 0.5) is 0 Å². The zero-order valence-electron chi connectivity index (χ0n) is 25.6. The van der Waals surface area contributed by atoms with Gasteiger partial charge in [0.2, 0.25) is 17.7 Å². The number of carboxylic acid groups (broad SMARTS) is 1. The Labute approximate surface area is 257 Å². The van der Waals surface area contributed by atoms with Crippen molar-refractivity contribution >= 4 is 29.5 Å². The number of nitrogens with one attached hydrogen (secondary N) is 4. The third kappa shape index (κ3) is 19.7. The first-order chi connectivity index (χ1) is 21.1. The van der Waals surface area contributed by atoms with Gasteiger partial charge in [0.25, 0.3) is 0 Å². The van der Waals surface area contributed by atoms with Crippen LogP contribution in [0.2, 0.25) is 0 Å². The molecule has 2 atom stereocenters. The summed E-state index contributed by atoms with van der Waals surface area (Å²) >= 11 is 0. The molecule has 0 saturated heterocycles. The fourth-order valence-corrected chi connectivity index (χ4v) is 3.57. The van der Waals surface area contributed by atoms with Crippen molar-refractivity contribution < 1.29 is 48.0 Å². The number of nitrogens with two attached hydrogens (primary N) is 1. The van der Waals surface area contributed by atoms with Crippen molar-refractivity contribution in [1.29, 1.82) is 0 Å². The van der Waals surface area contributed by atoms with Crippen LogP contribution < -0.4 is 27.0 Å². The summed E-state index contributed by atoms with van der Waals surface area (Å²) in [7, 11) is 1.76. The van der Waals surface area contributed by atoms with E-state index in [1.54, 1.807) is 14.0 Å². The lowest BCUT2D eigenvalue weighted by atomic mass is 10.0. The van der Waals surface area contributed by atoms with Crippen molar-refractivity contribution in [2.75, 3.05) is 73.0 Å². The second-order valence-corrected chi connectivity index (χ2v) is 9.76. The maximum atomic E-state index is 12.0. The molecule has 7 N–H and O–H groups in total. The van der Waals surface area contributed by atoms with Gasteiger partial charge in [0.1, 0.15) is 25.0 Å². The van der Waals surface area contributed by atoms with Crippen molar-refractivity contribution in [2.24, 2.45) is 5.73 Å². The zero-order valence-corrected chi connectivity index (χ0v) is 25.6. The predicted octanol–water partition coefficient (Wildman–Crippen LogP) is -1.49. The summed E-state index contributed by atoms with van der Waals surface area (Å²) in [4.78, 5) is 57.5. The molecule has 1 rings (SSSR count). The maximum absolute atomic E-state index is 12.0. The van der Waals surface area contributed by atoms with Crippen molar-refractivity contribution in [1.82, 2.24) is 21.3 Å². The third-order valence-corrected chi connectivity index (χ3v) is 6.14. The van der Waals surface area contributed by atoms with Crippen LogP contribution in [0.15, 0.2) is 24.3 Å². The van der Waals surface area contributed by atoms with Crippen LogP contribution in [0.5, 0.6) is 0 Å². The number of ketones is 1. The molecule has 1 unspecified atom stereocenters. The van der Waals surface area contributed by atoms with Gasteiger partial charge in [-0.2, -0.15) is 0 Å². The van der Waals surface area contributed by atoms with E-state index in [-0.39, 0.29) is 102 Å². The topological polar surface area (TPSA) is 217 Å². The van der Waals surface area contributed by atoms with Gasteiger partial charge in [-0.15, -0.1) is 0 Å². The summed E-state index contributed by atoms with van der Waals surface area (Å²) in [5.41, 5.74) is 7.31. The molecular formula is C29H47N5O10. The van der Waals surface area contributed by atoms with Gasteiger partial charge in [0, 0.05) is 26.1 Å². The van der Waals surface area contributed by atoms with Crippen molar-refractivity contribution in [2.45, 2.75) is 44.8 Å². The van der Waals surface area contributed by atoms with E-state index in [4.69, 9.17) is 29.8 Å². The largest absolute Gasteiger partial charge is 0.480 e. The second kappa shape index (κ2) is 23.9. The molecule has 0 aliphatic carbocycles. The quantitative estimate of drug-likeness (QED) is 0.0650. The molecule has 0 saturated carbocycles. The number of benzene rings is 1. The predicted molar refractivity (Wildman–Crippen MR) is 160 cm³/mol. The number of carbonyl (C=O) groups is 5. The minimum Gasteiger partial charge on any atom is -0.480 e. The fraction of sp³-hybridized carbons (Fsp3) is 0.621. The summed E-state index contributed by atoms with van der Waals surface area (Å²) in [5.74, 6) is -1.92. The monoisotopic (exact) mass is 625 g/mol. The number of aliphatic carboxylic acids is 1. The van der Waals surface area contributed by atoms with Gasteiger partial charge in [0.15, 0.2) is 0 Å². The molecule has 1 aromatic rings. The van der Waals surface area contributed by atoms with E-state index in [2.05, 4.69) is 21.3 Å². The normalized spacial score (nSPS) is 12.2. The van der Waals surface area contributed by atoms with Crippen LogP contribution >= 0.6 is 0 Å². The fourth-order valence-electron chi connectivity index (χ4n) is 3.57. The summed E-state index contributed by atoms with van der Waals surface area (Å²) in [6.07, 6.45) is 0.683. The molecule has 15 heteroatoms. The highest BCUT2D eigenvalue weighted by Crippen LogP contribution is 2.07. The SMILES string of the molecule is CNC(Cc1ccc(CNC(=O)COCCOCCNC(=O)COCCOCCNC(=O)CC[C@H](N)C(=O)O)cc1)C(C)=O. The smallest absolute Gasteiger partial charge is 0.320 e. The molecule has 0 aliphatic heterocycles. The van der Waals surface area contributed by atoms with E-state index in [0.717, 1.165) is 11.1 Å². The van der Waals surface area contributed by atoms with Crippen LogP contribution in [0, 0.1) is 0 Å². The minimum absolute atomic E-state index is 0.0187. The van der Waals surface area contributed by atoms with Crippen LogP contribution in [0.25, 0.3) is 0 Å². The Balaban J connectivity index is 1.93. The lowest BCUT2D eigenvalue weighted by Crippen LogP contribution is -2.34. The number of rotatable bonds is 26. The molecular weight excluding hydrogens is 578 g/mol. The Kier molecular flexibility index (Phi) is 21.0. The van der Waals surface area contributed by atoms with Gasteiger partial charge >= 0.3 is 5.97 Å². The number of amides is 3. The zero-order chi connectivity index (χ0) is 32.6. The van der Waals surface area contributed by atoms with Gasteiger partial charge in [-0.25, -0.2) is 0 Å². The molecule has 0 radical (unpaired) electrons. The molecule has 44 heavy (non-hydrogen) atoms. The number of Topliss-reactive ketones (excluding diaryl/α,β-unsaturated/α-hetero) is 1. The van der Waals surface area contributed by atoms with E-state index in [1.165, 1.54) is 0 Å². The molecule has 0 bridgehead atoms. The van der Waals surface area contributed by atoms with Crippen LogP contribution in [0.1, 0.15) is 30.9 Å². The van der Waals surface area contributed by atoms with Crippen molar-refractivity contribution in [3.05, 3.63) is 35.4 Å². The Morgan fingerprint density at radius 3 is 1.77 bits per heavy atom. The van der Waals surface area contributed by atoms with Gasteiger partial charge in [-0.1, -0.05) is 24.3 Å². The van der Waals surface area contributed by atoms with Crippen LogP contribution in [0.3, 0.4) is 0 Å². The summed E-state index contributed by atoms with van der Waals surface area (Å²) < 4.78 is 21.2. The molecule has 0 aliphatic rings. The lowest BCUT2D eigenvalue weighted by Gasteiger charge is -2.13. The van der Waals surface area contributed by atoms with E-state index in [9.17, 15) is 24.0 Å². The van der Waals surface area contributed by atoms with E-state index < -0.39 is 12.0 Å². The number of hydrogen-bond acceptors (Lipinski definition) is 11. The first kappa shape index (κ1) is 38.6. The summed E-state index contributed by atoms with van der Waals surface area (Å²) in [5, 5.41) is 19.7. The molecule has 0 fully saturated rings. The maximum Gasteiger partial charge on any atom is 0.320 e. The molecule has 15 nitrogen and oxygen atoms in total. The first-order valence-corrected chi connectivity index (χ1v) is 14.5. The Bertz CT molecular complexity index is 1010. The summed E-state index contributed by atoms with van der Waals surface area (Å²) in [6.45, 7) is 3.69. The number of likely N-dealkylation sites (N-methyl/N-ethyl adjacent to an activating group) is 1.